The molecule has 0 fully saturated rings. The number of halogens is 1. The number of amides is 1. The zero-order chi connectivity index (χ0) is 22.0. The molecule has 3 aromatic rings. The Kier molecular flexibility index (Phi) is 6.08. The zero-order valence-electron chi connectivity index (χ0n) is 16.2. The molecule has 0 radical (unpaired) electrons. The number of thiocarbonyl (C=S) groups is 1. The Labute approximate surface area is 194 Å². The number of para-hydroxylation sites is 1. The molecular weight excluding hydrogens is 498 g/mol. The summed E-state index contributed by atoms with van der Waals surface area (Å²) in [5, 5.41) is 5.63. The smallest absolute Gasteiger partial charge is 0.264 e. The van der Waals surface area contributed by atoms with Crippen molar-refractivity contribution in [2.75, 3.05) is 16.2 Å². The molecule has 31 heavy (non-hydrogen) atoms. The number of hydrogen-bond donors (Lipinski definition) is 2. The maximum atomic E-state index is 13.1. The van der Waals surface area contributed by atoms with Crippen LogP contribution in [0.15, 0.2) is 82.2 Å². The molecule has 0 unspecified atom stereocenters. The number of anilines is 2. The lowest BCUT2D eigenvalue weighted by atomic mass is 10.2. The van der Waals surface area contributed by atoms with Crippen molar-refractivity contribution in [1.29, 1.82) is 0 Å². The maximum Gasteiger partial charge on any atom is 0.264 e. The van der Waals surface area contributed by atoms with Crippen LogP contribution in [0, 0.1) is 0 Å². The lowest BCUT2D eigenvalue weighted by Gasteiger charge is -2.19. The largest absolute Gasteiger partial charge is 0.332 e. The highest BCUT2D eigenvalue weighted by molar-refractivity contribution is 9.10. The predicted molar refractivity (Wildman–Crippen MR) is 129 cm³/mol. The van der Waals surface area contributed by atoms with Crippen LogP contribution in [0.2, 0.25) is 0 Å². The van der Waals surface area contributed by atoms with Gasteiger partial charge in [-0.05, 0) is 72.7 Å². The molecular formula is C22H18BrN3O3S2. The van der Waals surface area contributed by atoms with Crippen molar-refractivity contribution in [2.24, 2.45) is 0 Å². The second kappa shape index (κ2) is 8.78. The van der Waals surface area contributed by atoms with E-state index in [9.17, 15) is 13.2 Å². The minimum absolute atomic E-state index is 0.119. The highest BCUT2D eigenvalue weighted by Gasteiger charge is 2.30. The maximum absolute atomic E-state index is 13.1. The van der Waals surface area contributed by atoms with Crippen LogP contribution < -0.4 is 14.9 Å². The summed E-state index contributed by atoms with van der Waals surface area (Å²) in [5.41, 5.74) is 2.78. The number of nitrogens with one attached hydrogen (secondary N) is 2. The van der Waals surface area contributed by atoms with Gasteiger partial charge in [-0.1, -0.05) is 40.2 Å². The normalized spacial score (nSPS) is 12.9. The molecule has 2 N–H and O–H groups in total. The van der Waals surface area contributed by atoms with Gasteiger partial charge in [0.15, 0.2) is 5.11 Å². The second-order valence-electron chi connectivity index (χ2n) is 6.90. The summed E-state index contributed by atoms with van der Waals surface area (Å²) in [4.78, 5) is 12.5. The summed E-state index contributed by atoms with van der Waals surface area (Å²) in [5.74, 6) is -0.342. The predicted octanol–water partition coefficient (Wildman–Crippen LogP) is 4.33. The Morgan fingerprint density at radius 2 is 1.74 bits per heavy atom. The first-order valence-electron chi connectivity index (χ1n) is 9.43. The van der Waals surface area contributed by atoms with Crippen LogP contribution in [0.4, 0.5) is 11.4 Å². The Bertz CT molecular complexity index is 1260. The molecule has 0 saturated heterocycles. The molecule has 3 aromatic carbocycles. The van der Waals surface area contributed by atoms with E-state index in [0.717, 1.165) is 15.7 Å². The number of fused-ring (bicyclic) bond motifs is 1. The molecule has 0 bridgehead atoms. The Morgan fingerprint density at radius 1 is 1.00 bits per heavy atom. The number of sulfonamides is 1. The summed E-state index contributed by atoms with van der Waals surface area (Å²) >= 11 is 8.53. The molecule has 1 amide bonds. The molecule has 4 rings (SSSR count). The first-order valence-corrected chi connectivity index (χ1v) is 12.1. The fourth-order valence-corrected chi connectivity index (χ4v) is 5.48. The van der Waals surface area contributed by atoms with Crippen molar-refractivity contribution in [3.63, 3.8) is 0 Å². The van der Waals surface area contributed by atoms with Gasteiger partial charge in [-0.25, -0.2) is 8.42 Å². The van der Waals surface area contributed by atoms with Crippen LogP contribution >= 0.6 is 28.1 Å². The van der Waals surface area contributed by atoms with Gasteiger partial charge >= 0.3 is 0 Å². The number of carbonyl (C=O) groups is 1. The van der Waals surface area contributed by atoms with Gasteiger partial charge in [-0.15, -0.1) is 0 Å². The molecule has 1 heterocycles. The highest BCUT2D eigenvalue weighted by atomic mass is 79.9. The number of nitrogens with zero attached hydrogens (tertiary/aromatic N) is 1. The molecule has 9 heteroatoms. The minimum atomic E-state index is -3.66. The molecule has 0 atom stereocenters. The average Bonchev–Trinajstić information content (AvgIpc) is 3.19. The fourth-order valence-electron chi connectivity index (χ4n) is 3.36. The van der Waals surface area contributed by atoms with E-state index in [0.29, 0.717) is 24.2 Å². The zero-order valence-corrected chi connectivity index (χ0v) is 19.4. The summed E-state index contributed by atoms with van der Waals surface area (Å²) in [6, 6.07) is 20.7. The molecule has 0 aromatic heterocycles. The van der Waals surface area contributed by atoms with E-state index in [2.05, 4.69) is 26.6 Å². The average molecular weight is 516 g/mol. The number of rotatable bonds is 4. The van der Waals surface area contributed by atoms with E-state index in [1.807, 2.05) is 30.3 Å². The third-order valence-electron chi connectivity index (χ3n) is 4.86. The Hall–Kier alpha value is -2.75. The van der Waals surface area contributed by atoms with Gasteiger partial charge in [0, 0.05) is 22.3 Å². The van der Waals surface area contributed by atoms with Crippen molar-refractivity contribution in [3.8, 4) is 0 Å². The molecule has 0 aliphatic carbocycles. The quantitative estimate of drug-likeness (QED) is 0.505. The minimum Gasteiger partial charge on any atom is -0.332 e. The molecule has 1 aliphatic rings. The SMILES string of the molecule is O=C(NC(=S)Nc1ccc(S(=O)(=O)N2CCc3ccccc32)cc1)c1cccc(Br)c1. The summed E-state index contributed by atoms with van der Waals surface area (Å²) in [6.07, 6.45) is 0.695. The van der Waals surface area contributed by atoms with E-state index in [4.69, 9.17) is 12.2 Å². The van der Waals surface area contributed by atoms with Crippen LogP contribution in [0.25, 0.3) is 0 Å². The van der Waals surface area contributed by atoms with Gasteiger partial charge in [0.2, 0.25) is 0 Å². The summed E-state index contributed by atoms with van der Waals surface area (Å²) in [6.45, 7) is 0.424. The molecule has 6 nitrogen and oxygen atoms in total. The van der Waals surface area contributed by atoms with Crippen LogP contribution in [-0.4, -0.2) is 26.0 Å². The molecule has 158 valence electrons. The van der Waals surface area contributed by atoms with Gasteiger partial charge < -0.3 is 5.32 Å². The van der Waals surface area contributed by atoms with Gasteiger partial charge in [0.1, 0.15) is 0 Å². The van der Waals surface area contributed by atoms with Crippen molar-refractivity contribution in [3.05, 3.63) is 88.4 Å². The van der Waals surface area contributed by atoms with E-state index >= 15 is 0 Å². The van der Waals surface area contributed by atoms with Crippen molar-refractivity contribution >= 4 is 60.6 Å². The molecule has 1 aliphatic heterocycles. The lowest BCUT2D eigenvalue weighted by molar-refractivity contribution is 0.0977. The topological polar surface area (TPSA) is 78.5 Å². The standard InChI is InChI=1S/C22H18BrN3O3S2/c23-17-6-3-5-16(14-17)21(27)25-22(30)24-18-8-10-19(11-9-18)31(28,29)26-13-12-15-4-1-2-7-20(15)26/h1-11,14H,12-13H2,(H2,24,25,27,30). The monoisotopic (exact) mass is 515 g/mol. The number of hydrogen-bond acceptors (Lipinski definition) is 4. The third-order valence-corrected chi connectivity index (χ3v) is 7.38. The second-order valence-corrected chi connectivity index (χ2v) is 10.1. The van der Waals surface area contributed by atoms with Gasteiger partial charge in [0.25, 0.3) is 15.9 Å². The first kappa shape index (κ1) is 21.5. The van der Waals surface area contributed by atoms with Crippen molar-refractivity contribution in [2.45, 2.75) is 11.3 Å². The van der Waals surface area contributed by atoms with Crippen LogP contribution in [0.1, 0.15) is 15.9 Å². The summed E-state index contributed by atoms with van der Waals surface area (Å²) < 4.78 is 28.4. The van der Waals surface area contributed by atoms with Crippen LogP contribution in [0.3, 0.4) is 0 Å². The third kappa shape index (κ3) is 4.63. The van der Waals surface area contributed by atoms with E-state index in [-0.39, 0.29) is 15.9 Å². The lowest BCUT2D eigenvalue weighted by Crippen LogP contribution is -2.34. The van der Waals surface area contributed by atoms with E-state index < -0.39 is 10.0 Å². The number of carbonyl (C=O) groups excluding carboxylic acids is 1. The number of benzene rings is 3. The van der Waals surface area contributed by atoms with Crippen LogP contribution in [-0.2, 0) is 16.4 Å². The Balaban J connectivity index is 1.43. The van der Waals surface area contributed by atoms with Gasteiger partial charge in [-0.2, -0.15) is 0 Å². The van der Waals surface area contributed by atoms with Gasteiger partial charge in [0.05, 0.1) is 10.6 Å². The van der Waals surface area contributed by atoms with E-state index in [1.165, 1.54) is 16.4 Å². The molecule has 0 spiro atoms. The van der Waals surface area contributed by atoms with Gasteiger partial charge in [-0.3, -0.25) is 14.4 Å². The Morgan fingerprint density at radius 3 is 2.48 bits per heavy atom. The van der Waals surface area contributed by atoms with Crippen LogP contribution in [0.5, 0.6) is 0 Å². The van der Waals surface area contributed by atoms with Crippen molar-refractivity contribution < 1.29 is 13.2 Å². The highest BCUT2D eigenvalue weighted by Crippen LogP contribution is 2.32. The fraction of sp³-hybridized carbons (Fsp3) is 0.0909. The van der Waals surface area contributed by atoms with E-state index in [1.54, 1.807) is 30.3 Å². The van der Waals surface area contributed by atoms with Crippen molar-refractivity contribution in [1.82, 2.24) is 5.32 Å². The molecule has 0 saturated carbocycles. The summed E-state index contributed by atoms with van der Waals surface area (Å²) in [7, 11) is -3.66. The first-order chi connectivity index (χ1) is 14.8.